The van der Waals surface area contributed by atoms with Gasteiger partial charge in [0.05, 0.1) is 12.3 Å². The normalized spacial score (nSPS) is 27.2. The average molecular weight is 237 g/mol. The van der Waals surface area contributed by atoms with Crippen molar-refractivity contribution in [2.75, 3.05) is 6.54 Å². The van der Waals surface area contributed by atoms with Crippen LogP contribution in [0.25, 0.3) is 0 Å². The first-order valence-corrected chi connectivity index (χ1v) is 6.13. The van der Waals surface area contributed by atoms with Crippen LogP contribution in [0.2, 0.25) is 0 Å². The summed E-state index contributed by atoms with van der Waals surface area (Å²) < 4.78 is 5.44. The Bertz CT molecular complexity index is 387. The van der Waals surface area contributed by atoms with E-state index in [0.717, 1.165) is 25.1 Å². The molecule has 94 valence electrons. The van der Waals surface area contributed by atoms with Crippen LogP contribution in [0, 0.1) is 0 Å². The molecule has 1 saturated heterocycles. The van der Waals surface area contributed by atoms with Gasteiger partial charge in [-0.3, -0.25) is 9.69 Å². The molecule has 1 aromatic rings. The molecule has 2 rings (SSSR count). The maximum Gasteiger partial charge on any atom is 0.323 e. The molecule has 0 spiro atoms. The quantitative estimate of drug-likeness (QED) is 0.874. The van der Waals surface area contributed by atoms with Gasteiger partial charge in [0.25, 0.3) is 0 Å². The van der Waals surface area contributed by atoms with Gasteiger partial charge in [0, 0.05) is 6.54 Å². The lowest BCUT2D eigenvalue weighted by Crippen LogP contribution is -2.49. The molecule has 0 aromatic carbocycles. The van der Waals surface area contributed by atoms with E-state index in [1.807, 2.05) is 19.1 Å². The average Bonchev–Trinajstić information content (AvgIpc) is 2.91. The van der Waals surface area contributed by atoms with Crippen LogP contribution in [0.5, 0.6) is 0 Å². The van der Waals surface area contributed by atoms with Gasteiger partial charge in [0.15, 0.2) is 0 Å². The van der Waals surface area contributed by atoms with Gasteiger partial charge in [-0.1, -0.05) is 6.92 Å². The molecule has 2 unspecified atom stereocenters. The van der Waals surface area contributed by atoms with Crippen molar-refractivity contribution in [3.63, 3.8) is 0 Å². The summed E-state index contributed by atoms with van der Waals surface area (Å²) in [7, 11) is 0. The molecule has 1 aromatic heterocycles. The van der Waals surface area contributed by atoms with Crippen molar-refractivity contribution in [3.8, 4) is 0 Å². The van der Waals surface area contributed by atoms with Crippen LogP contribution in [0.3, 0.4) is 0 Å². The molecule has 2 heterocycles. The first kappa shape index (κ1) is 12.2. The molecule has 0 amide bonds. The second-order valence-corrected chi connectivity index (χ2v) is 4.82. The molecule has 1 aliphatic rings. The van der Waals surface area contributed by atoms with Crippen LogP contribution in [0.4, 0.5) is 0 Å². The van der Waals surface area contributed by atoms with E-state index >= 15 is 0 Å². The van der Waals surface area contributed by atoms with E-state index in [2.05, 4.69) is 11.8 Å². The number of aliphatic carboxylic acids is 1. The molecule has 1 fully saturated rings. The number of hydrogen-bond donors (Lipinski definition) is 1. The summed E-state index contributed by atoms with van der Waals surface area (Å²) >= 11 is 0. The smallest absolute Gasteiger partial charge is 0.323 e. The zero-order chi connectivity index (χ0) is 12.5. The van der Waals surface area contributed by atoms with Crippen molar-refractivity contribution in [2.24, 2.45) is 0 Å². The van der Waals surface area contributed by atoms with Crippen LogP contribution in [-0.2, 0) is 4.79 Å². The summed E-state index contributed by atoms with van der Waals surface area (Å²) in [5.41, 5.74) is -0.756. The molecule has 4 heteroatoms. The van der Waals surface area contributed by atoms with Crippen LogP contribution in [-0.4, -0.2) is 28.1 Å². The van der Waals surface area contributed by atoms with E-state index in [1.54, 1.807) is 6.26 Å². The largest absolute Gasteiger partial charge is 0.480 e. The van der Waals surface area contributed by atoms with Gasteiger partial charge in [0.2, 0.25) is 0 Å². The molecule has 0 bridgehead atoms. The zero-order valence-corrected chi connectivity index (χ0v) is 10.3. The standard InChI is InChI=1S/C13H19NO3/c1-3-10(11-6-4-9-17-11)14-8-5-7-13(14,2)12(15)16/h4,6,9-10H,3,5,7-8H2,1-2H3,(H,15,16). The Kier molecular flexibility index (Phi) is 3.24. The van der Waals surface area contributed by atoms with Crippen LogP contribution in [0.1, 0.15) is 44.9 Å². The number of carboxylic acids is 1. The summed E-state index contributed by atoms with van der Waals surface area (Å²) in [4.78, 5) is 13.5. The third-order valence-electron chi connectivity index (χ3n) is 3.79. The topological polar surface area (TPSA) is 53.7 Å². The van der Waals surface area contributed by atoms with E-state index < -0.39 is 11.5 Å². The van der Waals surface area contributed by atoms with Crippen molar-refractivity contribution < 1.29 is 14.3 Å². The highest BCUT2D eigenvalue weighted by molar-refractivity contribution is 5.78. The van der Waals surface area contributed by atoms with Crippen molar-refractivity contribution in [2.45, 2.75) is 44.7 Å². The summed E-state index contributed by atoms with van der Waals surface area (Å²) in [6, 6.07) is 3.84. The number of likely N-dealkylation sites (tertiary alicyclic amines) is 1. The summed E-state index contributed by atoms with van der Waals surface area (Å²) in [5, 5.41) is 9.41. The van der Waals surface area contributed by atoms with Gasteiger partial charge in [-0.05, 0) is 38.3 Å². The van der Waals surface area contributed by atoms with Crippen LogP contribution >= 0.6 is 0 Å². The first-order chi connectivity index (χ1) is 8.09. The molecule has 1 N–H and O–H groups in total. The number of rotatable bonds is 4. The molecule has 2 atom stereocenters. The third kappa shape index (κ3) is 1.97. The fourth-order valence-electron chi connectivity index (χ4n) is 2.77. The SMILES string of the molecule is CCC(c1ccco1)N1CCCC1(C)C(=O)O. The molecule has 17 heavy (non-hydrogen) atoms. The van der Waals surface area contributed by atoms with Crippen LogP contribution in [0.15, 0.2) is 22.8 Å². The number of carboxylic acid groups (broad SMARTS) is 1. The Balaban J connectivity index is 2.28. The van der Waals surface area contributed by atoms with Gasteiger partial charge in [-0.15, -0.1) is 0 Å². The van der Waals surface area contributed by atoms with Crippen molar-refractivity contribution >= 4 is 5.97 Å². The summed E-state index contributed by atoms with van der Waals surface area (Å²) in [6.45, 7) is 4.70. The van der Waals surface area contributed by atoms with E-state index in [4.69, 9.17) is 4.42 Å². The Morgan fingerprint density at radius 3 is 3.00 bits per heavy atom. The minimum atomic E-state index is -0.756. The van der Waals surface area contributed by atoms with Crippen molar-refractivity contribution in [3.05, 3.63) is 24.2 Å². The van der Waals surface area contributed by atoms with Crippen molar-refractivity contribution in [1.82, 2.24) is 4.90 Å². The zero-order valence-electron chi connectivity index (χ0n) is 10.3. The molecule has 0 aliphatic carbocycles. The highest BCUT2D eigenvalue weighted by Crippen LogP contribution is 2.38. The van der Waals surface area contributed by atoms with E-state index in [9.17, 15) is 9.90 Å². The number of furan rings is 1. The fraction of sp³-hybridized carbons (Fsp3) is 0.615. The summed E-state index contributed by atoms with van der Waals surface area (Å²) in [5.74, 6) is 0.127. The van der Waals surface area contributed by atoms with Gasteiger partial charge in [0.1, 0.15) is 11.3 Å². The van der Waals surface area contributed by atoms with Gasteiger partial charge < -0.3 is 9.52 Å². The second-order valence-electron chi connectivity index (χ2n) is 4.82. The molecule has 4 nitrogen and oxygen atoms in total. The molecule has 0 radical (unpaired) electrons. The Hall–Kier alpha value is -1.29. The van der Waals surface area contributed by atoms with E-state index in [0.29, 0.717) is 6.42 Å². The summed E-state index contributed by atoms with van der Waals surface area (Å²) in [6.07, 6.45) is 4.14. The highest BCUT2D eigenvalue weighted by Gasteiger charge is 2.46. The van der Waals surface area contributed by atoms with Gasteiger partial charge >= 0.3 is 5.97 Å². The Morgan fingerprint density at radius 2 is 2.47 bits per heavy atom. The molecule has 1 aliphatic heterocycles. The number of nitrogens with zero attached hydrogens (tertiary/aromatic N) is 1. The lowest BCUT2D eigenvalue weighted by molar-refractivity contribution is -0.150. The fourth-order valence-corrected chi connectivity index (χ4v) is 2.77. The Labute approximate surface area is 101 Å². The van der Waals surface area contributed by atoms with Crippen LogP contribution < -0.4 is 0 Å². The predicted molar refractivity (Wildman–Crippen MR) is 63.7 cm³/mol. The lowest BCUT2D eigenvalue weighted by atomic mass is 9.96. The third-order valence-corrected chi connectivity index (χ3v) is 3.79. The van der Waals surface area contributed by atoms with E-state index in [1.165, 1.54) is 0 Å². The number of hydrogen-bond acceptors (Lipinski definition) is 3. The van der Waals surface area contributed by atoms with Gasteiger partial charge in [-0.25, -0.2) is 0 Å². The monoisotopic (exact) mass is 237 g/mol. The second kappa shape index (κ2) is 4.53. The minimum absolute atomic E-state index is 0.0635. The number of carbonyl (C=O) groups is 1. The molecule has 0 saturated carbocycles. The first-order valence-electron chi connectivity index (χ1n) is 6.13. The maximum absolute atomic E-state index is 11.5. The molecular formula is C13H19NO3. The van der Waals surface area contributed by atoms with E-state index in [-0.39, 0.29) is 6.04 Å². The minimum Gasteiger partial charge on any atom is -0.480 e. The molecular weight excluding hydrogens is 218 g/mol. The lowest BCUT2D eigenvalue weighted by Gasteiger charge is -2.36. The van der Waals surface area contributed by atoms with Gasteiger partial charge in [-0.2, -0.15) is 0 Å². The Morgan fingerprint density at radius 1 is 1.71 bits per heavy atom. The predicted octanol–water partition coefficient (Wildman–Crippen LogP) is 2.67. The maximum atomic E-state index is 11.5. The highest BCUT2D eigenvalue weighted by atomic mass is 16.4. The van der Waals surface area contributed by atoms with Crippen molar-refractivity contribution in [1.29, 1.82) is 0 Å².